The molecule has 0 saturated heterocycles. The molecular weight excluding hydrogens is 148 g/mol. The molecule has 0 unspecified atom stereocenters. The first-order valence-corrected chi connectivity index (χ1v) is 5.36. The fourth-order valence-corrected chi connectivity index (χ4v) is 2.44. The summed E-state index contributed by atoms with van der Waals surface area (Å²) in [6.45, 7) is 0. The Morgan fingerprint density at radius 1 is 1.00 bits per heavy atom. The minimum Gasteiger partial charge on any atom is -0.300 e. The number of hydrogen-bond acceptors (Lipinski definition) is 1. The van der Waals surface area contributed by atoms with E-state index in [2.05, 4.69) is 0 Å². The van der Waals surface area contributed by atoms with E-state index in [0.717, 1.165) is 24.7 Å². The van der Waals surface area contributed by atoms with Crippen LogP contribution in [-0.2, 0) is 4.79 Å². The third kappa shape index (κ3) is 1.88. The highest BCUT2D eigenvalue weighted by Gasteiger charge is 2.25. The molecule has 1 heteroatoms. The lowest BCUT2D eigenvalue weighted by Crippen LogP contribution is -2.20. The molecule has 0 heterocycles. The zero-order chi connectivity index (χ0) is 8.39. The third-order valence-electron chi connectivity index (χ3n) is 3.55. The van der Waals surface area contributed by atoms with Gasteiger partial charge in [0, 0.05) is 12.8 Å². The number of hydrogen-bond donors (Lipinski definition) is 0. The average Bonchev–Trinajstić information content (AvgIpc) is 2.00. The molecule has 0 aliphatic heterocycles. The van der Waals surface area contributed by atoms with E-state index in [1.807, 2.05) is 0 Å². The lowest BCUT2D eigenvalue weighted by molar-refractivity contribution is -0.121. The molecule has 0 aromatic heterocycles. The number of ketones is 1. The molecule has 2 saturated carbocycles. The van der Waals surface area contributed by atoms with Crippen LogP contribution in [-0.4, -0.2) is 5.78 Å². The van der Waals surface area contributed by atoms with Gasteiger partial charge in [-0.05, 0) is 31.1 Å². The fourth-order valence-electron chi connectivity index (χ4n) is 2.44. The molecule has 0 amide bonds. The van der Waals surface area contributed by atoms with Crippen LogP contribution in [0, 0.1) is 11.8 Å². The Morgan fingerprint density at radius 2 is 1.58 bits per heavy atom. The summed E-state index contributed by atoms with van der Waals surface area (Å²) < 4.78 is 0. The van der Waals surface area contributed by atoms with Crippen molar-refractivity contribution in [1.82, 2.24) is 0 Å². The monoisotopic (exact) mass is 166 g/mol. The lowest BCUT2D eigenvalue weighted by Gasteiger charge is -2.31. The van der Waals surface area contributed by atoms with E-state index in [-0.39, 0.29) is 0 Å². The standard InChI is InChI=1S/C11H18O/c12-11-6-4-10(5-7-11)8-9-2-1-3-9/h9-10H,1-8H2. The topological polar surface area (TPSA) is 17.1 Å². The summed E-state index contributed by atoms with van der Waals surface area (Å²) in [6.07, 6.45) is 9.93. The van der Waals surface area contributed by atoms with Gasteiger partial charge >= 0.3 is 0 Å². The highest BCUT2D eigenvalue weighted by Crippen LogP contribution is 2.36. The molecule has 1 nitrogen and oxygen atoms in total. The number of rotatable bonds is 2. The molecule has 2 aliphatic carbocycles. The van der Waals surface area contributed by atoms with Crippen LogP contribution >= 0.6 is 0 Å². The number of carbonyl (C=O) groups is 1. The Labute approximate surface area is 74.5 Å². The molecule has 2 aliphatic rings. The van der Waals surface area contributed by atoms with Crippen molar-refractivity contribution in [3.63, 3.8) is 0 Å². The third-order valence-corrected chi connectivity index (χ3v) is 3.55. The first-order chi connectivity index (χ1) is 5.84. The molecule has 12 heavy (non-hydrogen) atoms. The van der Waals surface area contributed by atoms with E-state index in [0.29, 0.717) is 5.78 Å². The first kappa shape index (κ1) is 8.28. The van der Waals surface area contributed by atoms with Crippen LogP contribution in [0.1, 0.15) is 51.4 Å². The van der Waals surface area contributed by atoms with Crippen molar-refractivity contribution in [2.24, 2.45) is 11.8 Å². The fraction of sp³-hybridized carbons (Fsp3) is 0.909. The van der Waals surface area contributed by atoms with Gasteiger partial charge in [-0.2, -0.15) is 0 Å². The Balaban J connectivity index is 1.70. The van der Waals surface area contributed by atoms with Crippen LogP contribution in [0.2, 0.25) is 0 Å². The maximum absolute atomic E-state index is 11.0. The zero-order valence-corrected chi connectivity index (χ0v) is 7.72. The van der Waals surface area contributed by atoms with Gasteiger partial charge in [-0.1, -0.05) is 19.3 Å². The van der Waals surface area contributed by atoms with E-state index in [9.17, 15) is 4.79 Å². The predicted octanol–water partition coefficient (Wildman–Crippen LogP) is 2.94. The molecule has 0 N–H and O–H groups in total. The van der Waals surface area contributed by atoms with Crippen molar-refractivity contribution in [3.05, 3.63) is 0 Å². The molecule has 0 aromatic rings. The maximum Gasteiger partial charge on any atom is 0.132 e. The van der Waals surface area contributed by atoms with Crippen molar-refractivity contribution in [1.29, 1.82) is 0 Å². The summed E-state index contributed by atoms with van der Waals surface area (Å²) in [7, 11) is 0. The maximum atomic E-state index is 11.0. The average molecular weight is 166 g/mol. The molecular formula is C11H18O. The Kier molecular flexibility index (Phi) is 2.48. The largest absolute Gasteiger partial charge is 0.300 e. The SMILES string of the molecule is O=C1CCC(CC2CCC2)CC1. The molecule has 0 bridgehead atoms. The molecule has 2 rings (SSSR count). The highest BCUT2D eigenvalue weighted by atomic mass is 16.1. The van der Waals surface area contributed by atoms with Gasteiger partial charge < -0.3 is 0 Å². The van der Waals surface area contributed by atoms with Crippen molar-refractivity contribution in [2.45, 2.75) is 51.4 Å². The normalized spacial score (nSPS) is 27.2. The van der Waals surface area contributed by atoms with E-state index in [1.165, 1.54) is 38.5 Å². The van der Waals surface area contributed by atoms with E-state index in [4.69, 9.17) is 0 Å². The summed E-state index contributed by atoms with van der Waals surface area (Å²) in [6, 6.07) is 0. The molecule has 2 fully saturated rings. The summed E-state index contributed by atoms with van der Waals surface area (Å²) in [5.41, 5.74) is 0. The molecule has 0 atom stereocenters. The van der Waals surface area contributed by atoms with Gasteiger partial charge in [0.15, 0.2) is 0 Å². The number of Topliss-reactive ketones (excluding diaryl/α,β-unsaturated/α-hetero) is 1. The van der Waals surface area contributed by atoms with Crippen LogP contribution < -0.4 is 0 Å². The quantitative estimate of drug-likeness (QED) is 0.616. The van der Waals surface area contributed by atoms with E-state index >= 15 is 0 Å². The predicted molar refractivity (Wildman–Crippen MR) is 48.9 cm³/mol. The molecule has 0 aromatic carbocycles. The highest BCUT2D eigenvalue weighted by molar-refractivity contribution is 5.78. The molecule has 0 radical (unpaired) electrons. The second kappa shape index (κ2) is 3.59. The zero-order valence-electron chi connectivity index (χ0n) is 7.72. The smallest absolute Gasteiger partial charge is 0.132 e. The van der Waals surface area contributed by atoms with Gasteiger partial charge in [0.05, 0.1) is 0 Å². The number of carbonyl (C=O) groups excluding carboxylic acids is 1. The minimum absolute atomic E-state index is 0.500. The van der Waals surface area contributed by atoms with Gasteiger partial charge in [0.25, 0.3) is 0 Å². The van der Waals surface area contributed by atoms with Crippen molar-refractivity contribution >= 4 is 5.78 Å². The Bertz CT molecular complexity index is 160. The molecule has 68 valence electrons. The van der Waals surface area contributed by atoms with Crippen molar-refractivity contribution in [2.75, 3.05) is 0 Å². The van der Waals surface area contributed by atoms with Crippen LogP contribution in [0.15, 0.2) is 0 Å². The van der Waals surface area contributed by atoms with Crippen molar-refractivity contribution in [3.8, 4) is 0 Å². The van der Waals surface area contributed by atoms with Crippen molar-refractivity contribution < 1.29 is 4.79 Å². The summed E-state index contributed by atoms with van der Waals surface area (Å²) >= 11 is 0. The van der Waals surface area contributed by atoms with Gasteiger partial charge in [0.1, 0.15) is 5.78 Å². The summed E-state index contributed by atoms with van der Waals surface area (Å²) in [5.74, 6) is 2.43. The van der Waals surface area contributed by atoms with E-state index < -0.39 is 0 Å². The van der Waals surface area contributed by atoms with E-state index in [1.54, 1.807) is 0 Å². The molecule has 0 spiro atoms. The minimum atomic E-state index is 0.500. The van der Waals surface area contributed by atoms with Gasteiger partial charge in [0.2, 0.25) is 0 Å². The summed E-state index contributed by atoms with van der Waals surface area (Å²) in [4.78, 5) is 11.0. The second-order valence-electron chi connectivity index (χ2n) is 4.51. The van der Waals surface area contributed by atoms with Gasteiger partial charge in [-0.3, -0.25) is 4.79 Å². The van der Waals surface area contributed by atoms with Crippen LogP contribution in [0.4, 0.5) is 0 Å². The van der Waals surface area contributed by atoms with Crippen LogP contribution in [0.3, 0.4) is 0 Å². The summed E-state index contributed by atoms with van der Waals surface area (Å²) in [5, 5.41) is 0. The first-order valence-electron chi connectivity index (χ1n) is 5.36. The van der Waals surface area contributed by atoms with Crippen LogP contribution in [0.25, 0.3) is 0 Å². The Hall–Kier alpha value is -0.330. The lowest BCUT2D eigenvalue weighted by atomic mass is 9.75. The van der Waals surface area contributed by atoms with Gasteiger partial charge in [-0.25, -0.2) is 0 Å². The second-order valence-corrected chi connectivity index (χ2v) is 4.51. The Morgan fingerprint density at radius 3 is 2.08 bits per heavy atom. The van der Waals surface area contributed by atoms with Crippen LogP contribution in [0.5, 0.6) is 0 Å². The van der Waals surface area contributed by atoms with Gasteiger partial charge in [-0.15, -0.1) is 0 Å².